The lowest BCUT2D eigenvalue weighted by molar-refractivity contribution is 0.0444. The zero-order valence-corrected chi connectivity index (χ0v) is 21.1. The molecule has 1 heterocycles. The summed E-state index contributed by atoms with van der Waals surface area (Å²) in [4.78, 5) is 12.8. The number of benzene rings is 1. The topological polar surface area (TPSA) is 46.5 Å². The molecule has 2 rings (SSSR count). The van der Waals surface area contributed by atoms with Crippen molar-refractivity contribution >= 4 is 5.78 Å². The smallest absolute Gasteiger partial charge is 0.170 e. The number of aryl methyl sites for hydroxylation is 1. The molecule has 0 saturated carbocycles. The van der Waals surface area contributed by atoms with Crippen LogP contribution in [0.4, 0.5) is 0 Å². The summed E-state index contributed by atoms with van der Waals surface area (Å²) < 4.78 is 6.32. The maximum Gasteiger partial charge on any atom is 0.170 e. The van der Waals surface area contributed by atoms with Crippen LogP contribution < -0.4 is 4.74 Å². The summed E-state index contributed by atoms with van der Waals surface area (Å²) in [7, 11) is 0. The minimum atomic E-state index is -0.440. The summed E-state index contributed by atoms with van der Waals surface area (Å²) in [6, 6.07) is 1.82. The molecule has 1 N–H and O–H groups in total. The maximum atomic E-state index is 12.8. The van der Waals surface area contributed by atoms with Crippen molar-refractivity contribution in [1.29, 1.82) is 0 Å². The van der Waals surface area contributed by atoms with Crippen LogP contribution in [-0.2, 0) is 0 Å². The highest BCUT2D eigenvalue weighted by molar-refractivity contribution is 6.02. The SMILES string of the molecule is Cc1cc2c(c(C)c1O)C(=O)C[C@](C)(CCCC(C)CCCC(C)CCCC(C)C)O2. The fourth-order valence-corrected chi connectivity index (χ4v) is 5.03. The number of aromatic hydroxyl groups is 1. The van der Waals surface area contributed by atoms with E-state index >= 15 is 0 Å². The lowest BCUT2D eigenvalue weighted by Gasteiger charge is -2.36. The van der Waals surface area contributed by atoms with Crippen molar-refractivity contribution in [1.82, 2.24) is 0 Å². The molecular formula is C28H46O3. The third kappa shape index (κ3) is 7.54. The van der Waals surface area contributed by atoms with E-state index in [1.807, 2.05) is 13.0 Å². The fourth-order valence-electron chi connectivity index (χ4n) is 5.03. The lowest BCUT2D eigenvalue weighted by atomic mass is 9.84. The molecule has 3 heteroatoms. The monoisotopic (exact) mass is 430 g/mol. The standard InChI is InChI=1S/C28H46O3/c1-19(2)11-8-12-20(3)13-9-14-21(4)15-10-16-28(7)18-24(29)26-23(6)27(30)22(5)17-25(26)31-28/h17,19-21,30H,8-16,18H2,1-7H3/t20?,21?,28-/m0/s1. The Morgan fingerprint density at radius 1 is 0.968 bits per heavy atom. The van der Waals surface area contributed by atoms with E-state index in [-0.39, 0.29) is 11.5 Å². The van der Waals surface area contributed by atoms with Gasteiger partial charge in [0.2, 0.25) is 0 Å². The van der Waals surface area contributed by atoms with Crippen molar-refractivity contribution in [2.45, 2.75) is 118 Å². The number of phenols is 1. The van der Waals surface area contributed by atoms with E-state index in [1.165, 1.54) is 44.9 Å². The molecule has 1 aliphatic heterocycles. The van der Waals surface area contributed by atoms with Gasteiger partial charge in [0.05, 0.1) is 12.0 Å². The Morgan fingerprint density at radius 3 is 2.10 bits per heavy atom. The van der Waals surface area contributed by atoms with Crippen molar-refractivity contribution in [3.8, 4) is 11.5 Å². The van der Waals surface area contributed by atoms with Gasteiger partial charge < -0.3 is 9.84 Å². The molecule has 1 aromatic rings. The largest absolute Gasteiger partial charge is 0.507 e. The molecule has 0 fully saturated rings. The summed E-state index contributed by atoms with van der Waals surface area (Å²) in [5.74, 6) is 3.34. The van der Waals surface area contributed by atoms with E-state index in [0.717, 1.165) is 36.2 Å². The zero-order chi connectivity index (χ0) is 23.2. The van der Waals surface area contributed by atoms with Crippen LogP contribution in [-0.4, -0.2) is 16.5 Å². The van der Waals surface area contributed by atoms with Gasteiger partial charge in [-0.05, 0) is 63.0 Å². The third-order valence-electron chi connectivity index (χ3n) is 7.14. The second-order valence-electron chi connectivity index (χ2n) is 11.1. The minimum Gasteiger partial charge on any atom is -0.507 e. The first-order valence-electron chi connectivity index (χ1n) is 12.6. The van der Waals surface area contributed by atoms with Gasteiger partial charge in [-0.1, -0.05) is 72.6 Å². The van der Waals surface area contributed by atoms with Crippen LogP contribution in [0.1, 0.15) is 120 Å². The molecule has 2 unspecified atom stereocenters. The number of rotatable bonds is 12. The Bertz CT molecular complexity index is 736. The van der Waals surface area contributed by atoms with Gasteiger partial charge in [-0.25, -0.2) is 0 Å². The van der Waals surface area contributed by atoms with Gasteiger partial charge in [0.1, 0.15) is 17.1 Å². The van der Waals surface area contributed by atoms with Crippen LogP contribution in [0.15, 0.2) is 6.07 Å². The number of carbonyl (C=O) groups is 1. The first-order chi connectivity index (χ1) is 14.5. The lowest BCUT2D eigenvalue weighted by Crippen LogP contribution is -2.39. The first-order valence-corrected chi connectivity index (χ1v) is 12.6. The Labute approximate surface area is 191 Å². The number of hydrogen-bond donors (Lipinski definition) is 1. The number of carbonyl (C=O) groups excluding carboxylic acids is 1. The molecule has 0 aromatic heterocycles. The van der Waals surface area contributed by atoms with Gasteiger partial charge in [-0.15, -0.1) is 0 Å². The van der Waals surface area contributed by atoms with Crippen molar-refractivity contribution in [3.05, 3.63) is 22.8 Å². The van der Waals surface area contributed by atoms with Crippen molar-refractivity contribution in [2.75, 3.05) is 0 Å². The Balaban J connectivity index is 1.75. The average molecular weight is 431 g/mol. The number of phenolic OH excluding ortho intramolecular Hbond substituents is 1. The molecule has 0 aliphatic carbocycles. The van der Waals surface area contributed by atoms with Crippen LogP contribution in [0.25, 0.3) is 0 Å². The number of hydrogen-bond acceptors (Lipinski definition) is 3. The number of ketones is 1. The van der Waals surface area contributed by atoms with Gasteiger partial charge in [0, 0.05) is 5.56 Å². The normalized spacial score (nSPS) is 20.5. The zero-order valence-electron chi connectivity index (χ0n) is 21.1. The number of fused-ring (bicyclic) bond motifs is 1. The summed E-state index contributed by atoms with van der Waals surface area (Å²) in [6.07, 6.45) is 11.6. The number of ether oxygens (including phenoxy) is 1. The molecule has 0 saturated heterocycles. The molecule has 3 nitrogen and oxygen atoms in total. The van der Waals surface area contributed by atoms with Gasteiger partial charge in [-0.3, -0.25) is 4.79 Å². The van der Waals surface area contributed by atoms with E-state index in [0.29, 0.717) is 23.3 Å². The number of Topliss-reactive ketones (excluding diaryl/α,β-unsaturated/α-hetero) is 1. The van der Waals surface area contributed by atoms with E-state index in [1.54, 1.807) is 6.92 Å². The predicted octanol–water partition coefficient (Wildman–Crippen LogP) is 8.17. The predicted molar refractivity (Wildman–Crippen MR) is 130 cm³/mol. The Morgan fingerprint density at radius 2 is 1.52 bits per heavy atom. The van der Waals surface area contributed by atoms with Gasteiger partial charge in [0.25, 0.3) is 0 Å². The van der Waals surface area contributed by atoms with Crippen LogP contribution in [0.2, 0.25) is 0 Å². The van der Waals surface area contributed by atoms with Crippen LogP contribution in [0.3, 0.4) is 0 Å². The molecule has 31 heavy (non-hydrogen) atoms. The van der Waals surface area contributed by atoms with Crippen molar-refractivity contribution in [3.63, 3.8) is 0 Å². The van der Waals surface area contributed by atoms with Crippen molar-refractivity contribution < 1.29 is 14.6 Å². The molecule has 0 radical (unpaired) electrons. The van der Waals surface area contributed by atoms with Crippen molar-refractivity contribution in [2.24, 2.45) is 17.8 Å². The molecule has 0 spiro atoms. The first kappa shape index (κ1) is 25.7. The fraction of sp³-hybridized carbons (Fsp3) is 0.750. The molecular weight excluding hydrogens is 384 g/mol. The summed E-state index contributed by atoms with van der Waals surface area (Å²) in [5, 5.41) is 10.2. The maximum absolute atomic E-state index is 12.8. The quantitative estimate of drug-likeness (QED) is 0.364. The highest BCUT2D eigenvalue weighted by atomic mass is 16.5. The summed E-state index contributed by atoms with van der Waals surface area (Å²) in [5.41, 5.74) is 1.54. The van der Waals surface area contributed by atoms with E-state index in [9.17, 15) is 9.90 Å². The van der Waals surface area contributed by atoms with Crippen LogP contribution in [0.5, 0.6) is 11.5 Å². The molecule has 0 bridgehead atoms. The average Bonchev–Trinajstić information content (AvgIpc) is 2.65. The highest BCUT2D eigenvalue weighted by Gasteiger charge is 2.37. The highest BCUT2D eigenvalue weighted by Crippen LogP contribution is 2.41. The van der Waals surface area contributed by atoms with E-state index in [4.69, 9.17) is 4.74 Å². The van der Waals surface area contributed by atoms with E-state index in [2.05, 4.69) is 34.6 Å². The molecule has 1 aliphatic rings. The molecule has 0 amide bonds. The summed E-state index contributed by atoms with van der Waals surface area (Å²) in [6.45, 7) is 15.1. The van der Waals surface area contributed by atoms with Gasteiger partial charge >= 0.3 is 0 Å². The van der Waals surface area contributed by atoms with Crippen LogP contribution >= 0.6 is 0 Å². The van der Waals surface area contributed by atoms with E-state index < -0.39 is 5.60 Å². The van der Waals surface area contributed by atoms with Crippen LogP contribution in [0, 0.1) is 31.6 Å². The van der Waals surface area contributed by atoms with Gasteiger partial charge in [0.15, 0.2) is 5.78 Å². The summed E-state index contributed by atoms with van der Waals surface area (Å²) >= 11 is 0. The molecule has 3 atom stereocenters. The minimum absolute atomic E-state index is 0.0936. The molecule has 1 aromatic carbocycles. The molecule has 176 valence electrons. The van der Waals surface area contributed by atoms with Gasteiger partial charge in [-0.2, -0.15) is 0 Å². The second kappa shape index (κ2) is 11.4. The third-order valence-corrected chi connectivity index (χ3v) is 7.14. The second-order valence-corrected chi connectivity index (χ2v) is 11.1. The Hall–Kier alpha value is -1.51. The Kier molecular flexibility index (Phi) is 9.45.